The lowest BCUT2D eigenvalue weighted by Crippen LogP contribution is -2.21. The van der Waals surface area contributed by atoms with E-state index in [0.717, 1.165) is 0 Å². The van der Waals surface area contributed by atoms with Crippen molar-refractivity contribution in [2.24, 2.45) is 5.41 Å². The highest BCUT2D eigenvalue weighted by molar-refractivity contribution is 4.90. The summed E-state index contributed by atoms with van der Waals surface area (Å²) < 4.78 is 23.6. The second kappa shape index (κ2) is 3.39. The van der Waals surface area contributed by atoms with Gasteiger partial charge in [-0.15, -0.1) is 0 Å². The largest absolute Gasteiger partial charge is 0.250 e. The second-order valence-corrected chi connectivity index (χ2v) is 2.10. The van der Waals surface area contributed by atoms with Gasteiger partial charge in [-0.1, -0.05) is 0 Å². The third kappa shape index (κ3) is 2.41. The molecular weight excluding hydrogens is 124 g/mol. The molecule has 3 heteroatoms. The van der Waals surface area contributed by atoms with Gasteiger partial charge in [-0.3, -0.25) is 8.78 Å². The molecule has 1 nitrogen and oxygen atoms in total. The van der Waals surface area contributed by atoms with Crippen molar-refractivity contribution in [3.05, 3.63) is 6.92 Å². The van der Waals surface area contributed by atoms with Crippen molar-refractivity contribution < 1.29 is 8.78 Å². The molecule has 0 amide bonds. The molecule has 0 aliphatic heterocycles. The Morgan fingerprint density at radius 3 is 2.00 bits per heavy atom. The minimum atomic E-state index is -1.31. The van der Waals surface area contributed by atoms with Crippen LogP contribution >= 0.6 is 0 Å². The lowest BCUT2D eigenvalue weighted by Gasteiger charge is -2.16. The molecular formula is C6H8F2N. The van der Waals surface area contributed by atoms with E-state index in [9.17, 15) is 8.78 Å². The standard InChI is InChI=1S/C6H8F2N/c1-6(4-7,5-8)2-3-9/h1-2,4-5H2. The number of rotatable bonds is 3. The van der Waals surface area contributed by atoms with E-state index < -0.39 is 18.8 Å². The molecule has 0 saturated heterocycles. The minimum Gasteiger partial charge on any atom is -0.250 e. The number of nitrogens with zero attached hydrogens (tertiary/aromatic N) is 1. The number of hydrogen-bond donors (Lipinski definition) is 0. The smallest absolute Gasteiger partial charge is 0.0985 e. The van der Waals surface area contributed by atoms with E-state index in [1.165, 1.54) is 0 Å². The van der Waals surface area contributed by atoms with Gasteiger partial charge in [0.15, 0.2) is 0 Å². The molecule has 0 aliphatic rings. The van der Waals surface area contributed by atoms with Gasteiger partial charge in [0.1, 0.15) is 0 Å². The first-order chi connectivity index (χ1) is 4.18. The molecule has 0 rings (SSSR count). The van der Waals surface area contributed by atoms with Crippen LogP contribution in [0.4, 0.5) is 8.78 Å². The zero-order valence-corrected chi connectivity index (χ0v) is 5.03. The van der Waals surface area contributed by atoms with Crippen molar-refractivity contribution >= 4 is 0 Å². The molecule has 0 heterocycles. The van der Waals surface area contributed by atoms with Gasteiger partial charge < -0.3 is 0 Å². The Hall–Kier alpha value is -0.650. The summed E-state index contributed by atoms with van der Waals surface area (Å²) in [5.41, 5.74) is -1.31. The number of nitriles is 1. The van der Waals surface area contributed by atoms with Gasteiger partial charge in [0, 0.05) is 11.8 Å². The average Bonchev–Trinajstić information content (AvgIpc) is 1.89. The van der Waals surface area contributed by atoms with Crippen molar-refractivity contribution in [3.63, 3.8) is 0 Å². The van der Waals surface area contributed by atoms with E-state index in [1.807, 2.05) is 0 Å². The molecule has 1 radical (unpaired) electrons. The number of hydrogen-bond acceptors (Lipinski definition) is 1. The van der Waals surface area contributed by atoms with Gasteiger partial charge in [0.05, 0.1) is 19.4 Å². The first-order valence-electron chi connectivity index (χ1n) is 2.53. The SMILES string of the molecule is [CH2]C(CF)(CF)CC#N. The fourth-order valence-electron chi connectivity index (χ4n) is 0.298. The van der Waals surface area contributed by atoms with Gasteiger partial charge in [-0.05, 0) is 6.92 Å². The van der Waals surface area contributed by atoms with Crippen molar-refractivity contribution in [2.75, 3.05) is 13.3 Å². The number of halogens is 2. The molecule has 0 unspecified atom stereocenters. The van der Waals surface area contributed by atoms with Gasteiger partial charge in [0.2, 0.25) is 0 Å². The molecule has 0 atom stereocenters. The zero-order chi connectivity index (χ0) is 7.33. The predicted molar refractivity (Wildman–Crippen MR) is 30.0 cm³/mol. The molecule has 0 spiro atoms. The topological polar surface area (TPSA) is 23.8 Å². The zero-order valence-electron chi connectivity index (χ0n) is 5.03. The van der Waals surface area contributed by atoms with Crippen molar-refractivity contribution in [1.29, 1.82) is 5.26 Å². The normalized spacial score (nSPS) is 10.9. The van der Waals surface area contributed by atoms with Crippen LogP contribution in [0.2, 0.25) is 0 Å². The summed E-state index contributed by atoms with van der Waals surface area (Å²) in [5, 5.41) is 8.04. The van der Waals surface area contributed by atoms with Gasteiger partial charge >= 0.3 is 0 Å². The van der Waals surface area contributed by atoms with E-state index in [4.69, 9.17) is 5.26 Å². The summed E-state index contributed by atoms with van der Waals surface area (Å²) in [6, 6.07) is 1.67. The van der Waals surface area contributed by atoms with E-state index in [0.29, 0.717) is 0 Å². The summed E-state index contributed by atoms with van der Waals surface area (Å²) in [4.78, 5) is 0. The fourth-order valence-corrected chi connectivity index (χ4v) is 0.298. The van der Waals surface area contributed by atoms with Crippen molar-refractivity contribution in [1.82, 2.24) is 0 Å². The Balaban J connectivity index is 3.80. The van der Waals surface area contributed by atoms with Crippen molar-refractivity contribution in [2.45, 2.75) is 6.42 Å². The molecule has 0 aromatic heterocycles. The third-order valence-electron chi connectivity index (χ3n) is 1.02. The lowest BCUT2D eigenvalue weighted by molar-refractivity contribution is 0.210. The molecule has 0 aliphatic carbocycles. The average molecular weight is 132 g/mol. The van der Waals surface area contributed by atoms with E-state index >= 15 is 0 Å². The summed E-state index contributed by atoms with van der Waals surface area (Å²) >= 11 is 0. The van der Waals surface area contributed by atoms with Crippen LogP contribution in [0.5, 0.6) is 0 Å². The van der Waals surface area contributed by atoms with Crippen LogP contribution in [-0.4, -0.2) is 13.3 Å². The maximum atomic E-state index is 11.8. The molecule has 0 aromatic rings. The summed E-state index contributed by atoms with van der Waals surface area (Å²) in [7, 11) is 0. The maximum Gasteiger partial charge on any atom is 0.0985 e. The van der Waals surface area contributed by atoms with Crippen LogP contribution in [0.1, 0.15) is 6.42 Å². The molecule has 0 aromatic carbocycles. The van der Waals surface area contributed by atoms with Crippen molar-refractivity contribution in [3.8, 4) is 6.07 Å². The van der Waals surface area contributed by atoms with E-state index in [2.05, 4.69) is 6.92 Å². The predicted octanol–water partition coefficient (Wildman–Crippen LogP) is 1.66. The molecule has 0 fully saturated rings. The Labute approximate surface area is 53.3 Å². The third-order valence-corrected chi connectivity index (χ3v) is 1.02. The highest BCUT2D eigenvalue weighted by Gasteiger charge is 2.23. The van der Waals surface area contributed by atoms with Crippen LogP contribution < -0.4 is 0 Å². The Morgan fingerprint density at radius 2 is 1.89 bits per heavy atom. The number of alkyl halides is 2. The minimum absolute atomic E-state index is 0.167. The van der Waals surface area contributed by atoms with Gasteiger partial charge in [0.25, 0.3) is 0 Å². The van der Waals surface area contributed by atoms with Gasteiger partial charge in [-0.25, -0.2) is 0 Å². The first-order valence-corrected chi connectivity index (χ1v) is 2.53. The lowest BCUT2D eigenvalue weighted by atomic mass is 9.91. The van der Waals surface area contributed by atoms with Crippen LogP contribution in [-0.2, 0) is 0 Å². The molecule has 51 valence electrons. The Morgan fingerprint density at radius 1 is 1.44 bits per heavy atom. The van der Waals surface area contributed by atoms with Crippen LogP contribution in [0, 0.1) is 23.7 Å². The molecule has 0 N–H and O–H groups in total. The summed E-state index contributed by atoms with van der Waals surface area (Å²) in [6.07, 6.45) is -0.167. The fraction of sp³-hybridized carbons (Fsp3) is 0.667. The first kappa shape index (κ1) is 8.35. The quantitative estimate of drug-likeness (QED) is 0.572. The molecule has 0 saturated carbocycles. The Kier molecular flexibility index (Phi) is 3.15. The highest BCUT2D eigenvalue weighted by Crippen LogP contribution is 2.20. The van der Waals surface area contributed by atoms with E-state index in [-0.39, 0.29) is 6.42 Å². The monoisotopic (exact) mass is 132 g/mol. The van der Waals surface area contributed by atoms with Gasteiger partial charge in [-0.2, -0.15) is 5.26 Å². The van der Waals surface area contributed by atoms with Crippen LogP contribution in [0.3, 0.4) is 0 Å². The second-order valence-electron chi connectivity index (χ2n) is 2.10. The summed E-state index contributed by atoms with van der Waals surface area (Å²) in [6.45, 7) is 1.47. The van der Waals surface area contributed by atoms with Crippen LogP contribution in [0.15, 0.2) is 0 Å². The summed E-state index contributed by atoms with van der Waals surface area (Å²) in [5.74, 6) is 0. The molecule has 0 bridgehead atoms. The van der Waals surface area contributed by atoms with Crippen LogP contribution in [0.25, 0.3) is 0 Å². The maximum absolute atomic E-state index is 11.8. The molecule has 9 heavy (non-hydrogen) atoms. The Bertz CT molecular complexity index is 113. The highest BCUT2D eigenvalue weighted by atomic mass is 19.1. The van der Waals surface area contributed by atoms with E-state index in [1.54, 1.807) is 6.07 Å².